The maximum Gasteiger partial charge on any atom is 0.244 e. The van der Waals surface area contributed by atoms with Gasteiger partial charge in [0.05, 0.1) is 18.6 Å². The van der Waals surface area contributed by atoms with Gasteiger partial charge in [0.25, 0.3) is 0 Å². The average molecular weight is 534 g/mol. The molecule has 1 aliphatic rings. The Balaban J connectivity index is 1.89. The molecule has 1 N–H and O–H groups in total. The van der Waals surface area contributed by atoms with Crippen LogP contribution in [-0.4, -0.2) is 56.6 Å². The molecule has 3 rings (SSSR count). The zero-order valence-electron chi connectivity index (χ0n) is 21.7. The summed E-state index contributed by atoms with van der Waals surface area (Å²) in [5.74, 6) is -0.626. The molecule has 0 spiro atoms. The summed E-state index contributed by atoms with van der Waals surface area (Å²) in [6.45, 7) is 3.67. The van der Waals surface area contributed by atoms with Gasteiger partial charge in [0.2, 0.25) is 21.8 Å². The number of halogens is 1. The normalized spacial score (nSPS) is 14.7. The van der Waals surface area contributed by atoms with Gasteiger partial charge in [-0.1, -0.05) is 31.9 Å². The number of rotatable bonds is 12. The second-order valence-corrected chi connectivity index (χ2v) is 11.2. The number of sulfonamides is 1. The maximum atomic E-state index is 13.7. The van der Waals surface area contributed by atoms with Crippen molar-refractivity contribution in [3.8, 4) is 5.75 Å². The number of nitrogens with one attached hydrogen (secondary N) is 1. The standard InChI is InChI=1S/C27H36FN3O5S/c1-4-25(27(33)29-22-8-6-7-9-22)30(18-20-10-12-21(28)13-11-20)26(32)19-31(37(3,34)35)23-14-16-24(17-15-23)36-5-2/h10-17,22,25H,4-9,18-19H2,1-3H3,(H,29,33)/t25-/m1/s1. The lowest BCUT2D eigenvalue weighted by Crippen LogP contribution is -2.53. The highest BCUT2D eigenvalue weighted by atomic mass is 32.2. The van der Waals surface area contributed by atoms with Crippen LogP contribution in [0.3, 0.4) is 0 Å². The molecule has 202 valence electrons. The molecule has 1 saturated carbocycles. The van der Waals surface area contributed by atoms with E-state index in [1.165, 1.54) is 17.0 Å². The fourth-order valence-electron chi connectivity index (χ4n) is 4.56. The van der Waals surface area contributed by atoms with Crippen LogP contribution in [0.4, 0.5) is 10.1 Å². The van der Waals surface area contributed by atoms with Gasteiger partial charge in [0.1, 0.15) is 24.2 Å². The number of hydrogen-bond donors (Lipinski definition) is 1. The van der Waals surface area contributed by atoms with E-state index < -0.39 is 34.3 Å². The number of benzene rings is 2. The van der Waals surface area contributed by atoms with Gasteiger partial charge in [-0.25, -0.2) is 12.8 Å². The SMILES string of the molecule is CCOc1ccc(N(CC(=O)N(Cc2ccc(F)cc2)[C@H](CC)C(=O)NC2CCCC2)S(C)(=O)=O)cc1. The van der Waals surface area contributed by atoms with Gasteiger partial charge in [-0.3, -0.25) is 13.9 Å². The van der Waals surface area contributed by atoms with Gasteiger partial charge >= 0.3 is 0 Å². The van der Waals surface area contributed by atoms with Crippen LogP contribution in [0.2, 0.25) is 0 Å². The first-order valence-electron chi connectivity index (χ1n) is 12.7. The number of hydrogen-bond acceptors (Lipinski definition) is 5. The number of carbonyl (C=O) groups is 2. The van der Waals surface area contributed by atoms with Crippen LogP contribution >= 0.6 is 0 Å². The third-order valence-corrected chi connectivity index (χ3v) is 7.61. The summed E-state index contributed by atoms with van der Waals surface area (Å²) in [6.07, 6.45) is 5.26. The molecular weight excluding hydrogens is 497 g/mol. The number of amides is 2. The Labute approximate surface area is 218 Å². The van der Waals surface area contributed by atoms with E-state index >= 15 is 0 Å². The first-order valence-corrected chi connectivity index (χ1v) is 14.5. The van der Waals surface area contributed by atoms with Gasteiger partial charge in [-0.05, 0) is 68.1 Å². The topological polar surface area (TPSA) is 96.0 Å². The summed E-state index contributed by atoms with van der Waals surface area (Å²) in [5.41, 5.74) is 0.943. The van der Waals surface area contributed by atoms with Crippen molar-refractivity contribution in [1.82, 2.24) is 10.2 Å². The Morgan fingerprint density at radius 3 is 2.22 bits per heavy atom. The molecule has 10 heteroatoms. The quantitative estimate of drug-likeness (QED) is 0.447. The number of nitrogens with zero attached hydrogens (tertiary/aromatic N) is 2. The molecule has 0 aromatic heterocycles. The lowest BCUT2D eigenvalue weighted by molar-refractivity contribution is -0.140. The zero-order valence-corrected chi connectivity index (χ0v) is 22.5. The lowest BCUT2D eigenvalue weighted by atomic mass is 10.1. The van der Waals surface area contributed by atoms with Crippen LogP contribution in [0, 0.1) is 5.82 Å². The predicted octanol–water partition coefficient (Wildman–Crippen LogP) is 3.86. The summed E-state index contributed by atoms with van der Waals surface area (Å²) in [6, 6.07) is 11.4. The average Bonchev–Trinajstić information content (AvgIpc) is 3.36. The van der Waals surface area contributed by atoms with Crippen LogP contribution in [0.1, 0.15) is 51.5 Å². The molecule has 0 saturated heterocycles. The van der Waals surface area contributed by atoms with E-state index in [-0.39, 0.29) is 18.5 Å². The van der Waals surface area contributed by atoms with Crippen molar-refractivity contribution >= 4 is 27.5 Å². The predicted molar refractivity (Wildman–Crippen MR) is 141 cm³/mol. The summed E-state index contributed by atoms with van der Waals surface area (Å²) in [7, 11) is -3.83. The molecule has 1 fully saturated rings. The van der Waals surface area contributed by atoms with Crippen molar-refractivity contribution < 1.29 is 27.1 Å². The second kappa shape index (κ2) is 12.9. The maximum absolute atomic E-state index is 13.7. The fraction of sp³-hybridized carbons (Fsp3) is 0.481. The van der Waals surface area contributed by atoms with E-state index in [0.717, 1.165) is 36.2 Å². The van der Waals surface area contributed by atoms with Crippen LogP contribution in [0.5, 0.6) is 5.75 Å². The van der Waals surface area contributed by atoms with Crippen LogP contribution < -0.4 is 14.4 Å². The number of anilines is 1. The Morgan fingerprint density at radius 2 is 1.68 bits per heavy atom. The van der Waals surface area contributed by atoms with Crippen molar-refractivity contribution in [3.63, 3.8) is 0 Å². The van der Waals surface area contributed by atoms with Gasteiger partial charge < -0.3 is 15.0 Å². The molecule has 2 amide bonds. The van der Waals surface area contributed by atoms with Crippen molar-refractivity contribution in [1.29, 1.82) is 0 Å². The Kier molecular flexibility index (Phi) is 9.91. The first kappa shape index (κ1) is 28.4. The summed E-state index contributed by atoms with van der Waals surface area (Å²) in [5, 5.41) is 3.05. The number of carbonyl (C=O) groups excluding carboxylic acids is 2. The Hall–Kier alpha value is -3.14. The minimum Gasteiger partial charge on any atom is -0.494 e. The summed E-state index contributed by atoms with van der Waals surface area (Å²) >= 11 is 0. The fourth-order valence-corrected chi connectivity index (χ4v) is 5.41. The van der Waals surface area contributed by atoms with E-state index in [0.29, 0.717) is 30.0 Å². The summed E-state index contributed by atoms with van der Waals surface area (Å²) in [4.78, 5) is 28.4. The third-order valence-electron chi connectivity index (χ3n) is 6.47. The lowest BCUT2D eigenvalue weighted by Gasteiger charge is -2.33. The van der Waals surface area contributed by atoms with Gasteiger partial charge in [-0.15, -0.1) is 0 Å². The molecule has 8 nitrogen and oxygen atoms in total. The molecule has 0 heterocycles. The van der Waals surface area contributed by atoms with Crippen LogP contribution in [-0.2, 0) is 26.2 Å². The monoisotopic (exact) mass is 533 g/mol. The van der Waals surface area contributed by atoms with Gasteiger partial charge in [0.15, 0.2) is 0 Å². The molecule has 2 aromatic rings. The summed E-state index contributed by atoms with van der Waals surface area (Å²) < 4.78 is 45.4. The highest BCUT2D eigenvalue weighted by molar-refractivity contribution is 7.92. The molecule has 0 bridgehead atoms. The van der Waals surface area contributed by atoms with E-state index in [1.54, 1.807) is 36.4 Å². The second-order valence-electron chi connectivity index (χ2n) is 9.26. The van der Waals surface area contributed by atoms with E-state index in [2.05, 4.69) is 5.32 Å². The number of ether oxygens (including phenoxy) is 1. The molecule has 1 aliphatic carbocycles. The highest BCUT2D eigenvalue weighted by Crippen LogP contribution is 2.23. The molecule has 37 heavy (non-hydrogen) atoms. The van der Waals surface area contributed by atoms with E-state index in [1.807, 2.05) is 13.8 Å². The molecular formula is C27H36FN3O5S. The van der Waals surface area contributed by atoms with Crippen molar-refractivity contribution in [2.24, 2.45) is 0 Å². The van der Waals surface area contributed by atoms with Gasteiger partial charge in [0, 0.05) is 12.6 Å². The van der Waals surface area contributed by atoms with Crippen molar-refractivity contribution in [2.75, 3.05) is 23.7 Å². The largest absolute Gasteiger partial charge is 0.494 e. The molecule has 0 aliphatic heterocycles. The smallest absolute Gasteiger partial charge is 0.244 e. The Bertz CT molecular complexity index is 1150. The zero-order chi connectivity index (χ0) is 27.0. The molecule has 0 radical (unpaired) electrons. The van der Waals surface area contributed by atoms with Gasteiger partial charge in [-0.2, -0.15) is 0 Å². The van der Waals surface area contributed by atoms with Crippen LogP contribution in [0.15, 0.2) is 48.5 Å². The Morgan fingerprint density at radius 1 is 1.05 bits per heavy atom. The molecule has 2 aromatic carbocycles. The van der Waals surface area contributed by atoms with E-state index in [4.69, 9.17) is 4.74 Å². The van der Waals surface area contributed by atoms with Crippen molar-refractivity contribution in [2.45, 2.75) is 64.6 Å². The molecule has 1 atom stereocenters. The molecule has 0 unspecified atom stereocenters. The third kappa shape index (κ3) is 7.92. The highest BCUT2D eigenvalue weighted by Gasteiger charge is 2.33. The minimum absolute atomic E-state index is 0.0383. The van der Waals surface area contributed by atoms with E-state index in [9.17, 15) is 22.4 Å². The van der Waals surface area contributed by atoms with Crippen molar-refractivity contribution in [3.05, 3.63) is 59.9 Å². The first-order chi connectivity index (χ1) is 17.6. The van der Waals surface area contributed by atoms with Crippen LogP contribution in [0.25, 0.3) is 0 Å². The minimum atomic E-state index is -3.83.